The van der Waals surface area contributed by atoms with E-state index in [2.05, 4.69) is 20.6 Å². The topological polar surface area (TPSA) is 49.8 Å². The van der Waals surface area contributed by atoms with Crippen LogP contribution in [0.15, 0.2) is 6.07 Å². The molecule has 0 aromatic carbocycles. The van der Waals surface area contributed by atoms with Gasteiger partial charge in [0.2, 0.25) is 0 Å². The molecule has 0 unspecified atom stereocenters. The standard InChI is InChI=1S/C11H16F4N4/c1-6(2)9-18-7(16-3)4-8(19-9)17-5-11(14,15)10(12)13/h4,6,10H,5H2,1-3H3,(H2,16,17,18,19). The maximum absolute atomic E-state index is 12.8. The largest absolute Gasteiger partial charge is 0.373 e. The normalized spacial score (nSPS) is 12.1. The van der Waals surface area contributed by atoms with Crippen LogP contribution in [0.4, 0.5) is 29.2 Å². The zero-order chi connectivity index (χ0) is 14.6. The molecule has 0 fully saturated rings. The zero-order valence-electron chi connectivity index (χ0n) is 10.8. The van der Waals surface area contributed by atoms with E-state index in [9.17, 15) is 17.6 Å². The monoisotopic (exact) mass is 280 g/mol. The van der Waals surface area contributed by atoms with Gasteiger partial charge in [0.15, 0.2) is 0 Å². The molecular weight excluding hydrogens is 264 g/mol. The van der Waals surface area contributed by atoms with Crippen LogP contribution in [0, 0.1) is 0 Å². The van der Waals surface area contributed by atoms with Crippen LogP contribution in [0.5, 0.6) is 0 Å². The number of nitrogens with zero attached hydrogens (tertiary/aromatic N) is 2. The Morgan fingerprint density at radius 2 is 1.79 bits per heavy atom. The van der Waals surface area contributed by atoms with Gasteiger partial charge >= 0.3 is 12.3 Å². The van der Waals surface area contributed by atoms with Crippen molar-refractivity contribution in [2.45, 2.75) is 32.1 Å². The molecule has 0 aliphatic rings. The molecule has 108 valence electrons. The lowest BCUT2D eigenvalue weighted by Crippen LogP contribution is -2.35. The van der Waals surface area contributed by atoms with Crippen LogP contribution in [-0.4, -0.2) is 35.9 Å². The number of hydrogen-bond acceptors (Lipinski definition) is 4. The summed E-state index contributed by atoms with van der Waals surface area (Å²) in [4.78, 5) is 8.14. The van der Waals surface area contributed by atoms with Gasteiger partial charge in [0, 0.05) is 19.0 Å². The molecule has 0 saturated heterocycles. The summed E-state index contributed by atoms with van der Waals surface area (Å²) in [6, 6.07) is 1.38. The van der Waals surface area contributed by atoms with E-state index in [-0.39, 0.29) is 11.7 Å². The first kappa shape index (κ1) is 15.5. The van der Waals surface area contributed by atoms with E-state index in [4.69, 9.17) is 0 Å². The molecule has 4 nitrogen and oxygen atoms in total. The fourth-order valence-corrected chi connectivity index (χ4v) is 1.23. The number of halogens is 4. The molecule has 0 radical (unpaired) electrons. The van der Waals surface area contributed by atoms with E-state index in [1.165, 1.54) is 6.07 Å². The third-order valence-corrected chi connectivity index (χ3v) is 2.34. The van der Waals surface area contributed by atoms with Crippen molar-refractivity contribution in [2.75, 3.05) is 24.2 Å². The van der Waals surface area contributed by atoms with Gasteiger partial charge in [0.25, 0.3) is 0 Å². The summed E-state index contributed by atoms with van der Waals surface area (Å²) in [6.07, 6.45) is -3.71. The van der Waals surface area contributed by atoms with Gasteiger partial charge in [-0.05, 0) is 0 Å². The van der Waals surface area contributed by atoms with Crippen molar-refractivity contribution in [1.82, 2.24) is 9.97 Å². The highest BCUT2D eigenvalue weighted by Gasteiger charge is 2.40. The van der Waals surface area contributed by atoms with Crippen LogP contribution in [0.3, 0.4) is 0 Å². The Morgan fingerprint density at radius 3 is 2.26 bits per heavy atom. The van der Waals surface area contributed by atoms with E-state index < -0.39 is 18.9 Å². The first-order chi connectivity index (χ1) is 8.76. The van der Waals surface area contributed by atoms with Gasteiger partial charge < -0.3 is 10.6 Å². The number of rotatable bonds is 6. The molecule has 1 aromatic rings. The fourth-order valence-electron chi connectivity index (χ4n) is 1.23. The van der Waals surface area contributed by atoms with Crippen LogP contribution in [0.25, 0.3) is 0 Å². The summed E-state index contributed by atoms with van der Waals surface area (Å²) >= 11 is 0. The van der Waals surface area contributed by atoms with E-state index >= 15 is 0 Å². The van der Waals surface area contributed by atoms with E-state index in [0.717, 1.165) is 0 Å². The van der Waals surface area contributed by atoms with Crippen molar-refractivity contribution in [3.05, 3.63) is 11.9 Å². The highest BCUT2D eigenvalue weighted by Crippen LogP contribution is 2.24. The minimum atomic E-state index is -4.09. The van der Waals surface area contributed by atoms with Gasteiger partial charge in [0.1, 0.15) is 17.5 Å². The molecule has 0 aliphatic carbocycles. The molecule has 1 aromatic heterocycles. The van der Waals surface area contributed by atoms with Gasteiger partial charge in [0.05, 0.1) is 6.54 Å². The Morgan fingerprint density at radius 1 is 1.21 bits per heavy atom. The summed E-state index contributed by atoms with van der Waals surface area (Å²) in [7, 11) is 1.62. The Bertz CT molecular complexity index is 423. The number of aromatic nitrogens is 2. The highest BCUT2D eigenvalue weighted by molar-refractivity contribution is 5.47. The molecule has 0 bridgehead atoms. The molecule has 0 atom stereocenters. The van der Waals surface area contributed by atoms with Crippen LogP contribution < -0.4 is 10.6 Å². The average Bonchev–Trinajstić information content (AvgIpc) is 2.35. The Hall–Kier alpha value is -1.60. The lowest BCUT2D eigenvalue weighted by Gasteiger charge is -2.17. The summed E-state index contributed by atoms with van der Waals surface area (Å²) in [5.41, 5.74) is 0. The van der Waals surface area contributed by atoms with Gasteiger partial charge in [-0.1, -0.05) is 13.8 Å². The van der Waals surface area contributed by atoms with Crippen LogP contribution in [0.2, 0.25) is 0 Å². The summed E-state index contributed by atoms with van der Waals surface area (Å²) in [5.74, 6) is -3.15. The van der Waals surface area contributed by atoms with Crippen molar-refractivity contribution in [2.24, 2.45) is 0 Å². The maximum Gasteiger partial charge on any atom is 0.324 e. The molecular formula is C11H16F4N4. The number of hydrogen-bond donors (Lipinski definition) is 2. The molecule has 2 N–H and O–H groups in total. The average molecular weight is 280 g/mol. The smallest absolute Gasteiger partial charge is 0.324 e. The summed E-state index contributed by atoms with van der Waals surface area (Å²) < 4.78 is 49.7. The second kappa shape index (κ2) is 6.03. The molecule has 19 heavy (non-hydrogen) atoms. The Labute approximate surface area is 108 Å². The summed E-state index contributed by atoms with van der Waals surface area (Å²) in [5, 5.41) is 4.97. The van der Waals surface area contributed by atoms with E-state index in [1.807, 2.05) is 13.8 Å². The lowest BCUT2D eigenvalue weighted by molar-refractivity contribution is -0.117. The predicted molar refractivity (Wildman–Crippen MR) is 65.1 cm³/mol. The van der Waals surface area contributed by atoms with Gasteiger partial charge in [-0.2, -0.15) is 8.78 Å². The lowest BCUT2D eigenvalue weighted by atomic mass is 10.2. The zero-order valence-corrected chi connectivity index (χ0v) is 10.8. The van der Waals surface area contributed by atoms with Gasteiger partial charge in [-0.3, -0.25) is 0 Å². The second-order valence-corrected chi connectivity index (χ2v) is 4.32. The number of alkyl halides is 4. The highest BCUT2D eigenvalue weighted by atomic mass is 19.3. The van der Waals surface area contributed by atoms with Crippen molar-refractivity contribution in [3.8, 4) is 0 Å². The minimum Gasteiger partial charge on any atom is -0.373 e. The Kier molecular flexibility index (Phi) is 4.90. The third-order valence-electron chi connectivity index (χ3n) is 2.34. The quantitative estimate of drug-likeness (QED) is 0.787. The van der Waals surface area contributed by atoms with E-state index in [1.54, 1.807) is 7.05 Å². The van der Waals surface area contributed by atoms with Crippen molar-refractivity contribution >= 4 is 11.6 Å². The van der Waals surface area contributed by atoms with Crippen molar-refractivity contribution in [1.29, 1.82) is 0 Å². The third kappa shape index (κ3) is 4.22. The van der Waals surface area contributed by atoms with Crippen LogP contribution >= 0.6 is 0 Å². The SMILES string of the molecule is CNc1cc(NCC(F)(F)C(F)F)nc(C(C)C)n1. The number of anilines is 2. The minimum absolute atomic E-state index is 0.00976. The van der Waals surface area contributed by atoms with Crippen molar-refractivity contribution < 1.29 is 17.6 Å². The van der Waals surface area contributed by atoms with Gasteiger partial charge in [-0.15, -0.1) is 0 Å². The Balaban J connectivity index is 2.86. The first-order valence-electron chi connectivity index (χ1n) is 5.73. The van der Waals surface area contributed by atoms with Gasteiger partial charge in [-0.25, -0.2) is 18.7 Å². The number of nitrogens with one attached hydrogen (secondary N) is 2. The molecule has 1 heterocycles. The molecule has 1 rings (SSSR count). The van der Waals surface area contributed by atoms with Crippen LogP contribution in [-0.2, 0) is 0 Å². The maximum atomic E-state index is 12.8. The molecule has 0 saturated carbocycles. The predicted octanol–water partition coefficient (Wildman–Crippen LogP) is 2.95. The van der Waals surface area contributed by atoms with Crippen molar-refractivity contribution in [3.63, 3.8) is 0 Å². The molecule has 0 aliphatic heterocycles. The fraction of sp³-hybridized carbons (Fsp3) is 0.636. The molecule has 8 heteroatoms. The second-order valence-electron chi connectivity index (χ2n) is 4.32. The molecule has 0 spiro atoms. The first-order valence-corrected chi connectivity index (χ1v) is 5.73. The van der Waals surface area contributed by atoms with Crippen LogP contribution in [0.1, 0.15) is 25.6 Å². The van der Waals surface area contributed by atoms with E-state index in [0.29, 0.717) is 11.6 Å². The molecule has 0 amide bonds. The summed E-state index contributed by atoms with van der Waals surface area (Å²) in [6.45, 7) is 2.50.